The van der Waals surface area contributed by atoms with Gasteiger partial charge in [-0.2, -0.15) is 0 Å². The van der Waals surface area contributed by atoms with Crippen molar-refractivity contribution in [2.75, 3.05) is 13.2 Å². The lowest BCUT2D eigenvalue weighted by atomic mass is 10.0. The number of benzene rings is 3. The fourth-order valence-corrected chi connectivity index (χ4v) is 4.56. The van der Waals surface area contributed by atoms with Crippen LogP contribution in [0.1, 0.15) is 36.5 Å². The van der Waals surface area contributed by atoms with E-state index in [1.807, 2.05) is 61.5 Å². The van der Waals surface area contributed by atoms with E-state index in [9.17, 15) is 9.59 Å². The van der Waals surface area contributed by atoms with Gasteiger partial charge >= 0.3 is 0 Å². The molecule has 0 aliphatic rings. The number of aryl methyl sites for hydroxylation is 1. The van der Waals surface area contributed by atoms with Crippen LogP contribution in [0.4, 0.5) is 0 Å². The zero-order valence-corrected chi connectivity index (χ0v) is 23.0. The molecule has 0 heterocycles. The summed E-state index contributed by atoms with van der Waals surface area (Å²) in [4.78, 5) is 28.6. The topological polar surface area (TPSA) is 58.6 Å². The molecule has 0 aromatic heterocycles. The van der Waals surface area contributed by atoms with Crippen molar-refractivity contribution >= 4 is 39.3 Å². The van der Waals surface area contributed by atoms with Crippen molar-refractivity contribution in [2.45, 2.75) is 45.7 Å². The van der Waals surface area contributed by atoms with E-state index in [2.05, 4.69) is 28.2 Å². The predicted octanol–water partition coefficient (Wildman–Crippen LogP) is 6.35. The molecular formula is C29H32BrClN2O3. The van der Waals surface area contributed by atoms with Crippen LogP contribution in [-0.2, 0) is 22.6 Å². The van der Waals surface area contributed by atoms with Crippen LogP contribution in [0.2, 0.25) is 5.02 Å². The van der Waals surface area contributed by atoms with E-state index in [4.69, 9.17) is 16.3 Å². The Morgan fingerprint density at radius 1 is 1.03 bits per heavy atom. The molecule has 1 N–H and O–H groups in total. The van der Waals surface area contributed by atoms with Crippen LogP contribution in [0.3, 0.4) is 0 Å². The number of hydrogen-bond donors (Lipinski definition) is 1. The average molecular weight is 572 g/mol. The number of amides is 2. The average Bonchev–Trinajstić information content (AvgIpc) is 2.87. The van der Waals surface area contributed by atoms with Crippen LogP contribution in [0, 0.1) is 6.92 Å². The first kappa shape index (κ1) is 27.8. The number of hydrogen-bond acceptors (Lipinski definition) is 3. The van der Waals surface area contributed by atoms with Crippen molar-refractivity contribution in [3.63, 3.8) is 0 Å². The lowest BCUT2D eigenvalue weighted by molar-refractivity contribution is -0.142. The van der Waals surface area contributed by atoms with E-state index >= 15 is 0 Å². The molecule has 0 saturated carbocycles. The standard InChI is InChI=1S/C29H32BrClN2O3/c1-3-4-16-32-29(35)26(17-22-8-6-5-7-9-22)33(19-23-12-10-21(2)11-13-23)28(34)20-36-27-15-14-24(31)18-25(27)30/h5-15,18,26H,3-4,16-17,19-20H2,1-2H3,(H,32,35). The van der Waals surface area contributed by atoms with E-state index in [0.29, 0.717) is 34.8 Å². The lowest BCUT2D eigenvalue weighted by Crippen LogP contribution is -2.51. The molecular weight excluding hydrogens is 540 g/mol. The van der Waals surface area contributed by atoms with Crippen LogP contribution in [0.25, 0.3) is 0 Å². The van der Waals surface area contributed by atoms with Crippen LogP contribution in [-0.4, -0.2) is 35.9 Å². The molecule has 5 nitrogen and oxygen atoms in total. The third kappa shape index (κ3) is 8.38. The molecule has 0 aliphatic carbocycles. The number of carbonyl (C=O) groups is 2. The summed E-state index contributed by atoms with van der Waals surface area (Å²) in [5.74, 6) is 0.0690. The van der Waals surface area contributed by atoms with Crippen LogP contribution >= 0.6 is 27.5 Å². The Balaban J connectivity index is 1.88. The summed E-state index contributed by atoms with van der Waals surface area (Å²) in [5, 5.41) is 3.59. The van der Waals surface area contributed by atoms with Crippen molar-refractivity contribution < 1.29 is 14.3 Å². The molecule has 0 spiro atoms. The quantitative estimate of drug-likeness (QED) is 0.258. The number of nitrogens with zero attached hydrogens (tertiary/aromatic N) is 1. The molecule has 3 aromatic rings. The van der Waals surface area contributed by atoms with Crippen LogP contribution in [0.15, 0.2) is 77.3 Å². The third-order valence-corrected chi connectivity index (χ3v) is 6.67. The molecule has 3 rings (SSSR count). The van der Waals surface area contributed by atoms with Gasteiger partial charge in [0.15, 0.2) is 6.61 Å². The molecule has 0 radical (unpaired) electrons. The van der Waals surface area contributed by atoms with Gasteiger partial charge in [-0.3, -0.25) is 9.59 Å². The highest BCUT2D eigenvalue weighted by molar-refractivity contribution is 9.10. The third-order valence-electron chi connectivity index (χ3n) is 5.82. The first-order chi connectivity index (χ1) is 17.4. The molecule has 0 fully saturated rings. The molecule has 1 unspecified atom stereocenters. The minimum Gasteiger partial charge on any atom is -0.483 e. The zero-order chi connectivity index (χ0) is 25.9. The van der Waals surface area contributed by atoms with Crippen molar-refractivity contribution in [1.29, 1.82) is 0 Å². The smallest absolute Gasteiger partial charge is 0.261 e. The summed E-state index contributed by atoms with van der Waals surface area (Å²) in [7, 11) is 0. The summed E-state index contributed by atoms with van der Waals surface area (Å²) >= 11 is 9.46. The Morgan fingerprint density at radius 2 is 1.75 bits per heavy atom. The van der Waals surface area contributed by atoms with E-state index in [1.165, 1.54) is 0 Å². The minimum atomic E-state index is -0.685. The van der Waals surface area contributed by atoms with E-state index in [-0.39, 0.29) is 18.4 Å². The molecule has 7 heteroatoms. The summed E-state index contributed by atoms with van der Waals surface area (Å²) in [6.45, 7) is 4.75. The first-order valence-corrected chi connectivity index (χ1v) is 13.3. The van der Waals surface area contributed by atoms with Gasteiger partial charge in [0.1, 0.15) is 11.8 Å². The normalized spacial score (nSPS) is 11.6. The summed E-state index contributed by atoms with van der Waals surface area (Å²) in [6, 6.07) is 22.2. The monoisotopic (exact) mass is 570 g/mol. The lowest BCUT2D eigenvalue weighted by Gasteiger charge is -2.31. The maximum atomic E-state index is 13.6. The fourth-order valence-electron chi connectivity index (χ4n) is 3.76. The number of ether oxygens (including phenoxy) is 1. The predicted molar refractivity (Wildman–Crippen MR) is 148 cm³/mol. The van der Waals surface area contributed by atoms with E-state index < -0.39 is 6.04 Å². The first-order valence-electron chi connectivity index (χ1n) is 12.1. The van der Waals surface area contributed by atoms with Gasteiger partial charge < -0.3 is 15.0 Å². The highest BCUT2D eigenvalue weighted by atomic mass is 79.9. The maximum Gasteiger partial charge on any atom is 0.261 e. The van der Waals surface area contributed by atoms with Crippen LogP contribution in [0.5, 0.6) is 5.75 Å². The number of unbranched alkanes of at least 4 members (excludes halogenated alkanes) is 1. The maximum absolute atomic E-state index is 13.6. The second-order valence-electron chi connectivity index (χ2n) is 8.72. The number of rotatable bonds is 12. The van der Waals surface area contributed by atoms with Crippen molar-refractivity contribution in [3.05, 3.63) is 99.0 Å². The van der Waals surface area contributed by atoms with Gasteiger partial charge in [0.25, 0.3) is 5.91 Å². The van der Waals surface area contributed by atoms with Gasteiger partial charge in [-0.15, -0.1) is 0 Å². The van der Waals surface area contributed by atoms with Gasteiger partial charge in [-0.05, 0) is 58.6 Å². The second-order valence-corrected chi connectivity index (χ2v) is 10.0. The molecule has 2 amide bonds. The zero-order valence-electron chi connectivity index (χ0n) is 20.7. The summed E-state index contributed by atoms with van der Waals surface area (Å²) in [6.07, 6.45) is 2.25. The van der Waals surface area contributed by atoms with Gasteiger partial charge in [0, 0.05) is 24.5 Å². The van der Waals surface area contributed by atoms with Gasteiger partial charge in [-0.1, -0.05) is 85.1 Å². The second kappa shape index (κ2) is 14.0. The molecule has 36 heavy (non-hydrogen) atoms. The fraction of sp³-hybridized carbons (Fsp3) is 0.310. The number of carbonyl (C=O) groups excluding carboxylic acids is 2. The van der Waals surface area contributed by atoms with Gasteiger partial charge in [0.2, 0.25) is 5.91 Å². The Morgan fingerprint density at radius 3 is 2.42 bits per heavy atom. The number of nitrogens with one attached hydrogen (secondary N) is 1. The Hall–Kier alpha value is -2.83. The molecule has 0 bridgehead atoms. The van der Waals surface area contributed by atoms with Gasteiger partial charge in [-0.25, -0.2) is 0 Å². The van der Waals surface area contributed by atoms with E-state index in [1.54, 1.807) is 23.1 Å². The van der Waals surface area contributed by atoms with Crippen molar-refractivity contribution in [2.24, 2.45) is 0 Å². The Bertz CT molecular complexity index is 1140. The summed E-state index contributed by atoms with van der Waals surface area (Å²) < 4.78 is 6.50. The molecule has 0 saturated heterocycles. The molecule has 0 aliphatic heterocycles. The largest absolute Gasteiger partial charge is 0.483 e. The summed E-state index contributed by atoms with van der Waals surface area (Å²) in [5.41, 5.74) is 3.06. The van der Waals surface area contributed by atoms with E-state index in [0.717, 1.165) is 29.5 Å². The minimum absolute atomic E-state index is 0.166. The molecule has 3 aromatic carbocycles. The highest BCUT2D eigenvalue weighted by Gasteiger charge is 2.30. The molecule has 190 valence electrons. The Kier molecular flexibility index (Phi) is 10.8. The SMILES string of the molecule is CCCCNC(=O)C(Cc1ccccc1)N(Cc1ccc(C)cc1)C(=O)COc1ccc(Cl)cc1Br. The molecule has 1 atom stereocenters. The van der Waals surface area contributed by atoms with Crippen molar-refractivity contribution in [1.82, 2.24) is 10.2 Å². The van der Waals surface area contributed by atoms with Gasteiger partial charge in [0.05, 0.1) is 4.47 Å². The van der Waals surface area contributed by atoms with Crippen LogP contribution < -0.4 is 10.1 Å². The number of halogens is 2. The highest BCUT2D eigenvalue weighted by Crippen LogP contribution is 2.28. The Labute approximate surface area is 226 Å². The van der Waals surface area contributed by atoms with Crippen molar-refractivity contribution in [3.8, 4) is 5.75 Å².